The van der Waals surface area contributed by atoms with E-state index < -0.39 is 0 Å². The Kier molecular flexibility index (Phi) is 6.23. The highest BCUT2D eigenvalue weighted by atomic mass is 32.2. The highest BCUT2D eigenvalue weighted by Gasteiger charge is 2.39. The number of nitrogens with zero attached hydrogens (tertiary/aromatic N) is 2. The van der Waals surface area contributed by atoms with Gasteiger partial charge < -0.3 is 10.4 Å². The van der Waals surface area contributed by atoms with Crippen molar-refractivity contribution in [3.63, 3.8) is 0 Å². The molecule has 2 heterocycles. The predicted octanol–water partition coefficient (Wildman–Crippen LogP) is 2.05. The predicted molar refractivity (Wildman–Crippen MR) is 107 cm³/mol. The van der Waals surface area contributed by atoms with Crippen LogP contribution in [-0.2, 0) is 20.9 Å². The normalized spacial score (nSPS) is 14.0. The number of anilines is 1. The van der Waals surface area contributed by atoms with Crippen molar-refractivity contribution in [2.75, 3.05) is 17.7 Å². The second kappa shape index (κ2) is 8.81. The summed E-state index contributed by atoms with van der Waals surface area (Å²) in [6.07, 6.45) is 3.22. The molecule has 0 bridgehead atoms. The van der Waals surface area contributed by atoms with E-state index in [4.69, 9.17) is 5.11 Å². The first-order valence-corrected chi connectivity index (χ1v) is 9.61. The lowest BCUT2D eigenvalue weighted by Gasteiger charge is -2.15. The van der Waals surface area contributed by atoms with Crippen LogP contribution in [0.25, 0.3) is 5.57 Å². The van der Waals surface area contributed by atoms with Crippen molar-refractivity contribution in [2.24, 2.45) is 0 Å². The molecule has 28 heavy (non-hydrogen) atoms. The van der Waals surface area contributed by atoms with Gasteiger partial charge in [0.05, 0.1) is 23.6 Å². The second-order valence-electron chi connectivity index (χ2n) is 6.09. The van der Waals surface area contributed by atoms with Crippen molar-refractivity contribution in [3.8, 4) is 0 Å². The average molecular weight is 397 g/mol. The van der Waals surface area contributed by atoms with Gasteiger partial charge in [-0.25, -0.2) is 0 Å². The molecule has 1 aromatic carbocycles. The first-order valence-electron chi connectivity index (χ1n) is 8.62. The third-order valence-electron chi connectivity index (χ3n) is 4.05. The van der Waals surface area contributed by atoms with E-state index in [2.05, 4.69) is 10.3 Å². The minimum Gasteiger partial charge on any atom is -0.396 e. The first kappa shape index (κ1) is 19.8. The van der Waals surface area contributed by atoms with Crippen molar-refractivity contribution < 1.29 is 19.5 Å². The number of pyridine rings is 1. The summed E-state index contributed by atoms with van der Waals surface area (Å²) in [5, 5.41) is 11.8. The molecule has 0 radical (unpaired) electrons. The summed E-state index contributed by atoms with van der Waals surface area (Å²) >= 11 is 1.16. The summed E-state index contributed by atoms with van der Waals surface area (Å²) in [6, 6.07) is 10.3. The van der Waals surface area contributed by atoms with Crippen LogP contribution in [-0.4, -0.2) is 45.1 Å². The van der Waals surface area contributed by atoms with Crippen LogP contribution in [0.4, 0.5) is 5.69 Å². The fourth-order valence-electron chi connectivity index (χ4n) is 2.83. The molecule has 0 saturated carbocycles. The number of carbonyl (C=O) groups is 3. The van der Waals surface area contributed by atoms with Gasteiger partial charge >= 0.3 is 0 Å². The van der Waals surface area contributed by atoms with Gasteiger partial charge in [0.25, 0.3) is 11.8 Å². The maximum atomic E-state index is 13.0. The number of rotatable bonds is 7. The van der Waals surface area contributed by atoms with Crippen LogP contribution in [0.3, 0.4) is 0 Å². The van der Waals surface area contributed by atoms with E-state index >= 15 is 0 Å². The van der Waals surface area contributed by atoms with Crippen LogP contribution < -0.4 is 5.32 Å². The fourth-order valence-corrected chi connectivity index (χ4v) is 3.71. The van der Waals surface area contributed by atoms with Gasteiger partial charge in [-0.15, -0.1) is 11.8 Å². The lowest BCUT2D eigenvalue weighted by Crippen LogP contribution is -2.31. The Morgan fingerprint density at radius 1 is 1.11 bits per heavy atom. The maximum absolute atomic E-state index is 13.0. The Labute approximate surface area is 166 Å². The van der Waals surface area contributed by atoms with Crippen LogP contribution in [0.1, 0.15) is 18.1 Å². The van der Waals surface area contributed by atoms with Crippen molar-refractivity contribution >= 4 is 40.7 Å². The van der Waals surface area contributed by atoms with Gasteiger partial charge in [0.1, 0.15) is 0 Å². The smallest absolute Gasteiger partial charge is 0.268 e. The maximum Gasteiger partial charge on any atom is 0.268 e. The van der Waals surface area contributed by atoms with Crippen LogP contribution in [0.15, 0.2) is 53.7 Å². The number of carbonyl (C=O) groups excluding carboxylic acids is 3. The molecule has 144 valence electrons. The number of imide groups is 1. The van der Waals surface area contributed by atoms with E-state index in [1.165, 1.54) is 11.8 Å². The van der Waals surface area contributed by atoms with Gasteiger partial charge in [-0.1, -0.05) is 12.1 Å². The number of benzene rings is 1. The van der Waals surface area contributed by atoms with Gasteiger partial charge in [0.15, 0.2) is 0 Å². The van der Waals surface area contributed by atoms with Gasteiger partial charge in [-0.05, 0) is 35.4 Å². The lowest BCUT2D eigenvalue weighted by atomic mass is 10.1. The number of hydrogen-bond acceptors (Lipinski definition) is 6. The molecule has 3 amide bonds. The zero-order chi connectivity index (χ0) is 20.1. The summed E-state index contributed by atoms with van der Waals surface area (Å²) in [5.41, 5.74) is 2.30. The number of nitrogens with one attached hydrogen (secondary N) is 1. The van der Waals surface area contributed by atoms with Crippen molar-refractivity contribution in [1.82, 2.24) is 9.88 Å². The Morgan fingerprint density at radius 2 is 1.79 bits per heavy atom. The minimum absolute atomic E-state index is 0.102. The second-order valence-corrected chi connectivity index (χ2v) is 7.19. The highest BCUT2D eigenvalue weighted by molar-refractivity contribution is 8.04. The summed E-state index contributed by atoms with van der Waals surface area (Å²) < 4.78 is 0. The molecule has 0 fully saturated rings. The van der Waals surface area contributed by atoms with Gasteiger partial charge in [0.2, 0.25) is 5.91 Å². The molecule has 0 unspecified atom stereocenters. The zero-order valence-electron chi connectivity index (χ0n) is 15.2. The Hall–Kier alpha value is -2.97. The average Bonchev–Trinajstić information content (AvgIpc) is 2.91. The molecule has 0 aliphatic carbocycles. The number of aliphatic hydroxyl groups is 1. The Balaban J connectivity index is 1.92. The standard InChI is InChI=1S/C20H19N3O4S/c1-13(25)22-16-4-2-15(3-5-16)17-18(28-11-10-24)20(27)23(19(17)26)12-14-6-8-21-9-7-14/h2-9,24H,10-12H2,1H3,(H,22,25). The van der Waals surface area contributed by atoms with Crippen LogP contribution in [0.2, 0.25) is 0 Å². The van der Waals surface area contributed by atoms with E-state index in [9.17, 15) is 14.4 Å². The quantitative estimate of drug-likeness (QED) is 0.694. The number of hydrogen-bond donors (Lipinski definition) is 2. The minimum atomic E-state index is -0.380. The van der Waals surface area contributed by atoms with Gasteiger partial charge in [-0.3, -0.25) is 24.3 Å². The molecule has 2 N–H and O–H groups in total. The Morgan fingerprint density at radius 3 is 2.39 bits per heavy atom. The Bertz CT molecular complexity index is 926. The van der Waals surface area contributed by atoms with Crippen molar-refractivity contribution in [1.29, 1.82) is 0 Å². The summed E-state index contributed by atoms with van der Waals surface area (Å²) in [4.78, 5) is 42.6. The van der Waals surface area contributed by atoms with E-state index in [0.29, 0.717) is 27.5 Å². The molecule has 7 nitrogen and oxygen atoms in total. The van der Waals surface area contributed by atoms with E-state index in [1.807, 2.05) is 0 Å². The fraction of sp³-hybridized carbons (Fsp3) is 0.200. The number of amides is 3. The first-order chi connectivity index (χ1) is 13.5. The largest absolute Gasteiger partial charge is 0.396 e. The molecule has 0 saturated heterocycles. The van der Waals surface area contributed by atoms with Crippen molar-refractivity contribution in [2.45, 2.75) is 13.5 Å². The summed E-state index contributed by atoms with van der Waals surface area (Å²) in [5.74, 6) is -0.636. The van der Waals surface area contributed by atoms with E-state index in [-0.39, 0.29) is 30.9 Å². The molecule has 1 aromatic heterocycles. The molecular weight excluding hydrogens is 378 g/mol. The molecule has 2 aromatic rings. The van der Waals surface area contributed by atoms with Crippen LogP contribution >= 0.6 is 11.8 Å². The zero-order valence-corrected chi connectivity index (χ0v) is 16.0. The molecule has 0 spiro atoms. The van der Waals surface area contributed by atoms with Gasteiger partial charge in [-0.2, -0.15) is 0 Å². The number of aromatic nitrogens is 1. The summed E-state index contributed by atoms with van der Waals surface area (Å²) in [6.45, 7) is 1.46. The number of aliphatic hydroxyl groups excluding tert-OH is 1. The van der Waals surface area contributed by atoms with Crippen LogP contribution in [0.5, 0.6) is 0 Å². The van der Waals surface area contributed by atoms with Crippen molar-refractivity contribution in [3.05, 3.63) is 64.8 Å². The molecule has 3 rings (SSSR count). The SMILES string of the molecule is CC(=O)Nc1ccc(C2=C(SCCO)C(=O)N(Cc3ccncc3)C2=O)cc1. The van der Waals surface area contributed by atoms with E-state index in [0.717, 1.165) is 17.3 Å². The third-order valence-corrected chi connectivity index (χ3v) is 5.10. The topological polar surface area (TPSA) is 99.6 Å². The number of thioether (sulfide) groups is 1. The molecule has 0 atom stereocenters. The molecule has 1 aliphatic heterocycles. The van der Waals surface area contributed by atoms with Gasteiger partial charge in [0, 0.05) is 30.8 Å². The van der Waals surface area contributed by atoms with E-state index in [1.54, 1.807) is 48.8 Å². The monoisotopic (exact) mass is 397 g/mol. The molecule has 8 heteroatoms. The lowest BCUT2D eigenvalue weighted by molar-refractivity contribution is -0.137. The molecule has 1 aliphatic rings. The van der Waals surface area contributed by atoms with Crippen LogP contribution in [0, 0.1) is 0 Å². The highest BCUT2D eigenvalue weighted by Crippen LogP contribution is 2.37. The third kappa shape index (κ3) is 4.29. The summed E-state index contributed by atoms with van der Waals surface area (Å²) in [7, 11) is 0. The molecular formula is C20H19N3O4S.